The highest BCUT2D eigenvalue weighted by Crippen LogP contribution is 2.29. The molecular weight excluding hydrogens is 356 g/mol. The van der Waals surface area contributed by atoms with Crippen LogP contribution in [0.1, 0.15) is 47.3 Å². The van der Waals surface area contributed by atoms with Gasteiger partial charge in [0.25, 0.3) is 5.91 Å². The van der Waals surface area contributed by atoms with Gasteiger partial charge >= 0.3 is 5.97 Å². The Morgan fingerprint density at radius 2 is 2.11 bits per heavy atom. The topological polar surface area (TPSA) is 86.1 Å². The lowest BCUT2D eigenvalue weighted by atomic mass is 9.88. The van der Waals surface area contributed by atoms with E-state index in [-0.39, 0.29) is 18.6 Å². The molecular formula is C21H22N4O3. The highest BCUT2D eigenvalue weighted by molar-refractivity contribution is 5.94. The number of aromatic nitrogens is 3. The van der Waals surface area contributed by atoms with Crippen LogP contribution in [0.4, 0.5) is 0 Å². The summed E-state index contributed by atoms with van der Waals surface area (Å²) >= 11 is 0. The van der Waals surface area contributed by atoms with Crippen LogP contribution in [0.15, 0.2) is 42.5 Å². The predicted octanol–water partition coefficient (Wildman–Crippen LogP) is 2.80. The number of carbonyl (C=O) groups excluding carboxylic acids is 2. The zero-order chi connectivity index (χ0) is 19.5. The van der Waals surface area contributed by atoms with Crippen molar-refractivity contribution < 1.29 is 14.3 Å². The first-order valence-electron chi connectivity index (χ1n) is 9.53. The minimum atomic E-state index is -0.549. The monoisotopic (exact) mass is 378 g/mol. The third-order valence-corrected chi connectivity index (χ3v) is 5.09. The van der Waals surface area contributed by atoms with Gasteiger partial charge in [-0.3, -0.25) is 4.79 Å². The molecule has 1 aromatic heterocycles. The van der Waals surface area contributed by atoms with Crippen LogP contribution in [0.5, 0.6) is 0 Å². The molecule has 0 saturated carbocycles. The fourth-order valence-electron chi connectivity index (χ4n) is 3.69. The average Bonchev–Trinajstić information content (AvgIpc) is 3.14. The van der Waals surface area contributed by atoms with Gasteiger partial charge < -0.3 is 10.1 Å². The van der Waals surface area contributed by atoms with Gasteiger partial charge in [0.15, 0.2) is 6.61 Å². The number of benzene rings is 2. The lowest BCUT2D eigenvalue weighted by Gasteiger charge is -2.26. The first kappa shape index (κ1) is 18.2. The van der Waals surface area contributed by atoms with Crippen LogP contribution in [0.25, 0.3) is 11.0 Å². The van der Waals surface area contributed by atoms with Crippen molar-refractivity contribution in [2.24, 2.45) is 0 Å². The Labute approximate surface area is 162 Å². The summed E-state index contributed by atoms with van der Waals surface area (Å²) in [7, 11) is 0. The lowest BCUT2D eigenvalue weighted by molar-refractivity contribution is -0.125. The molecule has 0 radical (unpaired) electrons. The van der Waals surface area contributed by atoms with Gasteiger partial charge in [0.2, 0.25) is 0 Å². The van der Waals surface area contributed by atoms with Crippen molar-refractivity contribution in [3.8, 4) is 0 Å². The number of ether oxygens (including phenoxy) is 1. The second-order valence-corrected chi connectivity index (χ2v) is 6.90. The van der Waals surface area contributed by atoms with E-state index in [2.05, 4.69) is 21.7 Å². The molecule has 0 spiro atoms. The number of hydrogen-bond acceptors (Lipinski definition) is 5. The summed E-state index contributed by atoms with van der Waals surface area (Å²) in [6.45, 7) is 2.36. The Kier molecular flexibility index (Phi) is 5.06. The van der Waals surface area contributed by atoms with Crippen molar-refractivity contribution in [3.05, 3.63) is 59.2 Å². The second-order valence-electron chi connectivity index (χ2n) is 6.90. The number of amides is 1. The smallest absolute Gasteiger partial charge is 0.338 e. The van der Waals surface area contributed by atoms with Crippen LogP contribution in [-0.2, 0) is 22.5 Å². The van der Waals surface area contributed by atoms with E-state index in [0.717, 1.165) is 30.3 Å². The Bertz CT molecular complexity index is 1030. The number of fused-ring (bicyclic) bond motifs is 2. The number of hydrogen-bond donors (Lipinski definition) is 1. The molecule has 0 aliphatic heterocycles. The van der Waals surface area contributed by atoms with Gasteiger partial charge in [-0.1, -0.05) is 29.5 Å². The number of nitrogens with zero attached hydrogens (tertiary/aromatic N) is 3. The van der Waals surface area contributed by atoms with Crippen LogP contribution in [0.3, 0.4) is 0 Å². The Morgan fingerprint density at radius 3 is 2.96 bits per heavy atom. The number of nitrogens with one attached hydrogen (secondary N) is 1. The molecule has 1 atom stereocenters. The van der Waals surface area contributed by atoms with Crippen LogP contribution >= 0.6 is 0 Å². The maximum atomic E-state index is 12.3. The van der Waals surface area contributed by atoms with Crippen molar-refractivity contribution in [1.29, 1.82) is 0 Å². The summed E-state index contributed by atoms with van der Waals surface area (Å²) in [4.78, 5) is 24.6. The van der Waals surface area contributed by atoms with Crippen LogP contribution < -0.4 is 5.32 Å². The quantitative estimate of drug-likeness (QED) is 0.690. The van der Waals surface area contributed by atoms with E-state index >= 15 is 0 Å². The molecule has 0 saturated heterocycles. The fraction of sp³-hybridized carbons (Fsp3) is 0.333. The van der Waals surface area contributed by atoms with Gasteiger partial charge in [0, 0.05) is 6.54 Å². The van der Waals surface area contributed by atoms with Gasteiger partial charge in [-0.2, -0.15) is 0 Å². The van der Waals surface area contributed by atoms with E-state index < -0.39 is 5.97 Å². The number of aryl methyl sites for hydroxylation is 2. The Balaban J connectivity index is 1.37. The SMILES string of the molecule is CCn1nnc2cc(C(=O)OCC(=O)NC3CCCc4ccccc43)ccc21. The van der Waals surface area contributed by atoms with Crippen LogP contribution in [0, 0.1) is 0 Å². The molecule has 28 heavy (non-hydrogen) atoms. The van der Waals surface area contributed by atoms with Gasteiger partial charge in [-0.15, -0.1) is 5.10 Å². The molecule has 1 N–H and O–H groups in total. The molecule has 0 fully saturated rings. The third-order valence-electron chi connectivity index (χ3n) is 5.09. The standard InChI is InChI=1S/C21H22N4O3/c1-2-25-19-11-10-15(12-18(19)23-24-25)21(27)28-13-20(26)22-17-9-5-7-14-6-3-4-8-16(14)17/h3-4,6,8,10-12,17H,2,5,7,9,13H2,1H3,(H,22,26). The van der Waals surface area contributed by atoms with Crippen molar-refractivity contribution in [1.82, 2.24) is 20.3 Å². The van der Waals surface area contributed by atoms with Crippen molar-refractivity contribution in [2.75, 3.05) is 6.61 Å². The normalized spacial score (nSPS) is 15.8. The summed E-state index contributed by atoms with van der Waals surface area (Å²) in [5.74, 6) is -0.847. The first-order valence-corrected chi connectivity index (χ1v) is 9.53. The van der Waals surface area contributed by atoms with E-state index in [0.29, 0.717) is 17.6 Å². The summed E-state index contributed by atoms with van der Waals surface area (Å²) < 4.78 is 6.95. The third kappa shape index (κ3) is 3.60. The first-order chi connectivity index (χ1) is 13.7. The molecule has 1 amide bonds. The maximum Gasteiger partial charge on any atom is 0.338 e. The van der Waals surface area contributed by atoms with Crippen LogP contribution in [0.2, 0.25) is 0 Å². The highest BCUT2D eigenvalue weighted by atomic mass is 16.5. The van der Waals surface area contributed by atoms with E-state index in [1.807, 2.05) is 25.1 Å². The number of esters is 1. The van der Waals surface area contributed by atoms with Crippen molar-refractivity contribution in [2.45, 2.75) is 38.8 Å². The highest BCUT2D eigenvalue weighted by Gasteiger charge is 2.22. The minimum absolute atomic E-state index is 0.0309. The zero-order valence-corrected chi connectivity index (χ0v) is 15.7. The van der Waals surface area contributed by atoms with Crippen LogP contribution in [-0.4, -0.2) is 33.5 Å². The van der Waals surface area contributed by atoms with E-state index in [1.54, 1.807) is 22.9 Å². The van der Waals surface area contributed by atoms with E-state index in [9.17, 15) is 9.59 Å². The predicted molar refractivity (Wildman–Crippen MR) is 104 cm³/mol. The van der Waals surface area contributed by atoms with Gasteiger partial charge in [-0.25, -0.2) is 9.48 Å². The largest absolute Gasteiger partial charge is 0.452 e. The average molecular weight is 378 g/mol. The van der Waals surface area contributed by atoms with Gasteiger partial charge in [0.05, 0.1) is 17.1 Å². The summed E-state index contributed by atoms with van der Waals surface area (Å²) in [6.07, 6.45) is 2.95. The molecule has 1 heterocycles. The van der Waals surface area contributed by atoms with Gasteiger partial charge in [-0.05, 0) is 55.5 Å². The van der Waals surface area contributed by atoms with Gasteiger partial charge in [0.1, 0.15) is 5.52 Å². The Morgan fingerprint density at radius 1 is 1.25 bits per heavy atom. The summed E-state index contributed by atoms with van der Waals surface area (Å²) in [5.41, 5.74) is 4.25. The van der Waals surface area contributed by atoms with Crippen molar-refractivity contribution >= 4 is 22.9 Å². The second kappa shape index (κ2) is 7.80. The molecule has 7 nitrogen and oxygen atoms in total. The van der Waals surface area contributed by atoms with E-state index in [1.165, 1.54) is 5.56 Å². The van der Waals surface area contributed by atoms with E-state index in [4.69, 9.17) is 4.74 Å². The molecule has 1 unspecified atom stereocenters. The Hall–Kier alpha value is -3.22. The molecule has 0 bridgehead atoms. The molecule has 7 heteroatoms. The lowest BCUT2D eigenvalue weighted by Crippen LogP contribution is -2.34. The molecule has 3 aromatic rings. The zero-order valence-electron chi connectivity index (χ0n) is 15.7. The van der Waals surface area contributed by atoms with Crippen molar-refractivity contribution in [3.63, 3.8) is 0 Å². The number of rotatable bonds is 5. The minimum Gasteiger partial charge on any atom is -0.452 e. The molecule has 1 aliphatic carbocycles. The molecule has 4 rings (SSSR count). The summed E-state index contributed by atoms with van der Waals surface area (Å²) in [6, 6.07) is 13.2. The summed E-state index contributed by atoms with van der Waals surface area (Å²) in [5, 5.41) is 11.1. The molecule has 144 valence electrons. The fourth-order valence-corrected chi connectivity index (χ4v) is 3.69. The number of carbonyl (C=O) groups is 2. The molecule has 2 aromatic carbocycles. The molecule has 1 aliphatic rings. The maximum absolute atomic E-state index is 12.3.